The molecule has 0 saturated carbocycles. The number of rotatable bonds is 2. The first-order valence-corrected chi connectivity index (χ1v) is 4.37. The van der Waals surface area contributed by atoms with Crippen LogP contribution in [0.2, 0.25) is 0 Å². The Kier molecular flexibility index (Phi) is 2.45. The fourth-order valence-corrected chi connectivity index (χ4v) is 1.23. The maximum absolute atomic E-state index is 5.69. The largest absolute Gasteiger partial charge is 0.493 e. The van der Waals surface area contributed by atoms with Gasteiger partial charge in [0.2, 0.25) is 0 Å². The molecule has 2 rings (SSSR count). The molecule has 5 nitrogen and oxygen atoms in total. The minimum absolute atomic E-state index is 0.360. The van der Waals surface area contributed by atoms with Crippen molar-refractivity contribution in [3.63, 3.8) is 0 Å². The van der Waals surface area contributed by atoms with Gasteiger partial charge in [0, 0.05) is 18.0 Å². The average molecular weight is 202 g/mol. The number of pyridine rings is 1. The summed E-state index contributed by atoms with van der Waals surface area (Å²) in [4.78, 5) is 12.0. The van der Waals surface area contributed by atoms with Crippen molar-refractivity contribution in [2.75, 3.05) is 12.8 Å². The minimum Gasteiger partial charge on any atom is -0.493 e. The van der Waals surface area contributed by atoms with E-state index in [0.29, 0.717) is 11.6 Å². The van der Waals surface area contributed by atoms with Crippen molar-refractivity contribution in [1.29, 1.82) is 0 Å². The van der Waals surface area contributed by atoms with Gasteiger partial charge in [-0.3, -0.25) is 0 Å². The normalized spacial score (nSPS) is 9.93. The van der Waals surface area contributed by atoms with Crippen LogP contribution in [0.5, 0.6) is 5.75 Å². The van der Waals surface area contributed by atoms with Crippen LogP contribution in [0.25, 0.3) is 11.3 Å². The van der Waals surface area contributed by atoms with Gasteiger partial charge in [-0.25, -0.2) is 15.0 Å². The predicted molar refractivity (Wildman–Crippen MR) is 56.2 cm³/mol. The van der Waals surface area contributed by atoms with E-state index in [-0.39, 0.29) is 0 Å². The smallest absolute Gasteiger partial charge is 0.166 e. The fourth-order valence-electron chi connectivity index (χ4n) is 1.23. The summed E-state index contributed by atoms with van der Waals surface area (Å²) >= 11 is 0. The zero-order valence-electron chi connectivity index (χ0n) is 8.21. The van der Waals surface area contributed by atoms with Crippen LogP contribution in [0, 0.1) is 0 Å². The van der Waals surface area contributed by atoms with Crippen LogP contribution in [0.4, 0.5) is 5.82 Å². The van der Waals surface area contributed by atoms with E-state index in [2.05, 4.69) is 15.0 Å². The summed E-state index contributed by atoms with van der Waals surface area (Å²) in [7, 11) is 1.55. The molecule has 0 fully saturated rings. The fraction of sp³-hybridized carbons (Fsp3) is 0.100. The Hall–Kier alpha value is -2.17. The first-order valence-electron chi connectivity index (χ1n) is 4.37. The van der Waals surface area contributed by atoms with Gasteiger partial charge in [0.05, 0.1) is 12.8 Å². The Morgan fingerprint density at radius 2 is 1.93 bits per heavy atom. The van der Waals surface area contributed by atoms with E-state index in [1.165, 1.54) is 6.33 Å². The highest BCUT2D eigenvalue weighted by Crippen LogP contribution is 2.23. The number of hydrogen-bond donors (Lipinski definition) is 1. The Balaban J connectivity index is 2.43. The van der Waals surface area contributed by atoms with Crippen molar-refractivity contribution >= 4 is 5.82 Å². The van der Waals surface area contributed by atoms with Gasteiger partial charge in [-0.1, -0.05) is 0 Å². The molecule has 0 aromatic carbocycles. The summed E-state index contributed by atoms with van der Waals surface area (Å²) < 4.78 is 5.02. The van der Waals surface area contributed by atoms with Crippen molar-refractivity contribution in [3.8, 4) is 17.0 Å². The molecule has 0 aliphatic carbocycles. The summed E-state index contributed by atoms with van der Waals surface area (Å²) in [5.41, 5.74) is 7.25. The lowest BCUT2D eigenvalue weighted by Crippen LogP contribution is -1.97. The summed E-state index contributed by atoms with van der Waals surface area (Å²) in [6, 6.07) is 3.58. The van der Waals surface area contributed by atoms with Gasteiger partial charge in [0.15, 0.2) is 11.6 Å². The molecule has 0 saturated heterocycles. The molecule has 2 aromatic heterocycles. The van der Waals surface area contributed by atoms with Crippen molar-refractivity contribution in [2.45, 2.75) is 0 Å². The van der Waals surface area contributed by atoms with E-state index in [9.17, 15) is 0 Å². The first-order chi connectivity index (χ1) is 7.31. The third-order valence-corrected chi connectivity index (χ3v) is 1.96. The lowest BCUT2D eigenvalue weighted by atomic mass is 10.2. The molecule has 0 aliphatic heterocycles. The zero-order valence-corrected chi connectivity index (χ0v) is 8.21. The summed E-state index contributed by atoms with van der Waals surface area (Å²) in [5, 5.41) is 0. The lowest BCUT2D eigenvalue weighted by molar-refractivity contribution is 0.415. The molecule has 0 unspecified atom stereocenters. The Morgan fingerprint density at radius 1 is 1.20 bits per heavy atom. The molecular formula is C10H10N4O. The number of anilines is 1. The monoisotopic (exact) mass is 202 g/mol. The van der Waals surface area contributed by atoms with E-state index in [1.54, 1.807) is 25.6 Å². The van der Waals surface area contributed by atoms with Crippen LogP contribution < -0.4 is 10.5 Å². The molecule has 0 radical (unpaired) electrons. The number of aromatic nitrogens is 3. The van der Waals surface area contributed by atoms with E-state index in [0.717, 1.165) is 11.3 Å². The molecule has 76 valence electrons. The SMILES string of the molecule is COc1ccc(-c2cncnc2)nc1N. The van der Waals surface area contributed by atoms with Crippen molar-refractivity contribution in [2.24, 2.45) is 0 Å². The van der Waals surface area contributed by atoms with Gasteiger partial charge in [-0.2, -0.15) is 0 Å². The highest BCUT2D eigenvalue weighted by molar-refractivity contribution is 5.61. The van der Waals surface area contributed by atoms with Gasteiger partial charge < -0.3 is 10.5 Å². The molecule has 2 aromatic rings. The first kappa shape index (κ1) is 9.39. The van der Waals surface area contributed by atoms with Gasteiger partial charge in [-0.15, -0.1) is 0 Å². The maximum atomic E-state index is 5.69. The predicted octanol–water partition coefficient (Wildman–Crippen LogP) is 1.13. The standard InChI is InChI=1S/C10H10N4O/c1-15-9-3-2-8(14-10(9)11)7-4-12-6-13-5-7/h2-6H,1H3,(H2,11,14). The molecule has 0 spiro atoms. The second-order valence-electron chi connectivity index (χ2n) is 2.91. The second-order valence-corrected chi connectivity index (χ2v) is 2.91. The molecular weight excluding hydrogens is 192 g/mol. The maximum Gasteiger partial charge on any atom is 0.166 e. The molecule has 2 heterocycles. The molecule has 0 amide bonds. The highest BCUT2D eigenvalue weighted by Gasteiger charge is 2.04. The number of ether oxygens (including phenoxy) is 1. The van der Waals surface area contributed by atoms with Gasteiger partial charge >= 0.3 is 0 Å². The third-order valence-electron chi connectivity index (χ3n) is 1.96. The van der Waals surface area contributed by atoms with Crippen LogP contribution >= 0.6 is 0 Å². The van der Waals surface area contributed by atoms with E-state index in [4.69, 9.17) is 10.5 Å². The van der Waals surface area contributed by atoms with E-state index < -0.39 is 0 Å². The molecule has 15 heavy (non-hydrogen) atoms. The number of nitrogens with zero attached hydrogens (tertiary/aromatic N) is 3. The second kappa shape index (κ2) is 3.91. The molecule has 0 bridgehead atoms. The van der Waals surface area contributed by atoms with Crippen LogP contribution in [0.3, 0.4) is 0 Å². The van der Waals surface area contributed by atoms with Crippen LogP contribution in [0.15, 0.2) is 30.9 Å². The third kappa shape index (κ3) is 1.85. The minimum atomic E-state index is 0.360. The number of nitrogen functional groups attached to an aromatic ring is 1. The van der Waals surface area contributed by atoms with E-state index >= 15 is 0 Å². The number of methoxy groups -OCH3 is 1. The van der Waals surface area contributed by atoms with Crippen LogP contribution in [-0.4, -0.2) is 22.1 Å². The quantitative estimate of drug-likeness (QED) is 0.790. The molecule has 5 heteroatoms. The summed E-state index contributed by atoms with van der Waals surface area (Å²) in [6.45, 7) is 0. The van der Waals surface area contributed by atoms with Crippen molar-refractivity contribution < 1.29 is 4.74 Å². The van der Waals surface area contributed by atoms with Crippen molar-refractivity contribution in [3.05, 3.63) is 30.9 Å². The summed E-state index contributed by atoms with van der Waals surface area (Å²) in [5.74, 6) is 0.925. The zero-order chi connectivity index (χ0) is 10.7. The summed E-state index contributed by atoms with van der Waals surface area (Å²) in [6.07, 6.45) is 4.83. The molecule has 2 N–H and O–H groups in total. The van der Waals surface area contributed by atoms with Crippen LogP contribution in [-0.2, 0) is 0 Å². The number of hydrogen-bond acceptors (Lipinski definition) is 5. The highest BCUT2D eigenvalue weighted by atomic mass is 16.5. The number of nitrogens with two attached hydrogens (primary N) is 1. The molecule has 0 atom stereocenters. The van der Waals surface area contributed by atoms with Crippen LogP contribution in [0.1, 0.15) is 0 Å². The topological polar surface area (TPSA) is 73.9 Å². The Morgan fingerprint density at radius 3 is 2.53 bits per heavy atom. The van der Waals surface area contributed by atoms with E-state index in [1.807, 2.05) is 6.07 Å². The average Bonchev–Trinajstić information content (AvgIpc) is 2.30. The lowest BCUT2D eigenvalue weighted by Gasteiger charge is -2.05. The van der Waals surface area contributed by atoms with Gasteiger partial charge in [0.25, 0.3) is 0 Å². The van der Waals surface area contributed by atoms with Crippen molar-refractivity contribution in [1.82, 2.24) is 15.0 Å². The van der Waals surface area contributed by atoms with Gasteiger partial charge in [0.1, 0.15) is 6.33 Å². The van der Waals surface area contributed by atoms with Gasteiger partial charge in [-0.05, 0) is 12.1 Å². The Labute approximate surface area is 87.0 Å². The molecule has 0 aliphatic rings. The Bertz CT molecular complexity index is 458.